The van der Waals surface area contributed by atoms with E-state index in [9.17, 15) is 0 Å². The van der Waals surface area contributed by atoms with Gasteiger partial charge in [-0.15, -0.1) is 0 Å². The fourth-order valence-electron chi connectivity index (χ4n) is 4.20. The van der Waals surface area contributed by atoms with Crippen molar-refractivity contribution in [3.63, 3.8) is 0 Å². The molecule has 2 aromatic carbocycles. The standard InChI is InChI=1S/C22H20N4/c23-21-20-18(16-7-2-1-3-8-16)13-26(22(20)25-14-24-21)19-12-6-10-15-9-4-5-11-17(15)19/h1-5,7-9,11,13-14,19H,6,10,12H2,(H2,23,24,25). The Labute approximate surface area is 152 Å². The van der Waals surface area contributed by atoms with E-state index in [0.717, 1.165) is 35.0 Å². The normalized spacial score (nSPS) is 16.5. The SMILES string of the molecule is Nc1ncnc2c1c(-c1ccccc1)cn2C1CCCc2ccccc21. The van der Waals surface area contributed by atoms with E-state index in [0.29, 0.717) is 5.82 Å². The van der Waals surface area contributed by atoms with Gasteiger partial charge < -0.3 is 10.3 Å². The molecule has 128 valence electrons. The molecule has 0 spiro atoms. The van der Waals surface area contributed by atoms with Crippen molar-refractivity contribution in [1.29, 1.82) is 0 Å². The van der Waals surface area contributed by atoms with Crippen molar-refractivity contribution in [1.82, 2.24) is 14.5 Å². The number of hydrogen-bond acceptors (Lipinski definition) is 3. The van der Waals surface area contributed by atoms with Gasteiger partial charge in [0.1, 0.15) is 17.8 Å². The summed E-state index contributed by atoms with van der Waals surface area (Å²) >= 11 is 0. The molecule has 26 heavy (non-hydrogen) atoms. The highest BCUT2D eigenvalue weighted by molar-refractivity contribution is 6.00. The van der Waals surface area contributed by atoms with Crippen LogP contribution in [0.1, 0.15) is 30.0 Å². The molecule has 0 amide bonds. The highest BCUT2D eigenvalue weighted by Gasteiger charge is 2.25. The second-order valence-corrected chi connectivity index (χ2v) is 6.88. The van der Waals surface area contributed by atoms with Crippen molar-refractivity contribution < 1.29 is 0 Å². The average Bonchev–Trinajstić information content (AvgIpc) is 3.09. The van der Waals surface area contributed by atoms with Crippen LogP contribution in [0.2, 0.25) is 0 Å². The maximum absolute atomic E-state index is 6.27. The number of aromatic nitrogens is 3. The Bertz CT molecular complexity index is 1080. The summed E-state index contributed by atoms with van der Waals surface area (Å²) in [6.45, 7) is 0. The highest BCUT2D eigenvalue weighted by Crippen LogP contribution is 2.39. The predicted molar refractivity (Wildman–Crippen MR) is 105 cm³/mol. The van der Waals surface area contributed by atoms with E-state index < -0.39 is 0 Å². The monoisotopic (exact) mass is 340 g/mol. The molecule has 2 heterocycles. The summed E-state index contributed by atoms with van der Waals surface area (Å²) in [5, 5.41) is 0.946. The van der Waals surface area contributed by atoms with Crippen LogP contribution in [0.5, 0.6) is 0 Å². The zero-order valence-electron chi connectivity index (χ0n) is 14.5. The molecule has 0 fully saturated rings. The summed E-state index contributed by atoms with van der Waals surface area (Å²) in [6, 6.07) is 19.4. The molecule has 1 atom stereocenters. The average molecular weight is 340 g/mol. The number of nitrogens with zero attached hydrogens (tertiary/aromatic N) is 3. The Kier molecular flexibility index (Phi) is 3.49. The van der Waals surface area contributed by atoms with Crippen molar-refractivity contribution in [3.8, 4) is 11.1 Å². The van der Waals surface area contributed by atoms with E-state index in [-0.39, 0.29) is 6.04 Å². The van der Waals surface area contributed by atoms with Crippen LogP contribution in [-0.4, -0.2) is 14.5 Å². The van der Waals surface area contributed by atoms with Gasteiger partial charge in [0.15, 0.2) is 0 Å². The maximum atomic E-state index is 6.27. The fraction of sp³-hybridized carbons (Fsp3) is 0.182. The van der Waals surface area contributed by atoms with Crippen LogP contribution >= 0.6 is 0 Å². The van der Waals surface area contributed by atoms with Gasteiger partial charge in [-0.1, -0.05) is 54.6 Å². The van der Waals surface area contributed by atoms with E-state index in [1.54, 1.807) is 6.33 Å². The van der Waals surface area contributed by atoms with Crippen LogP contribution in [0.3, 0.4) is 0 Å². The van der Waals surface area contributed by atoms with Crippen LogP contribution in [0, 0.1) is 0 Å². The molecular weight excluding hydrogens is 320 g/mol. The number of aryl methyl sites for hydroxylation is 1. The third-order valence-corrected chi connectivity index (χ3v) is 5.40. The minimum atomic E-state index is 0.286. The summed E-state index contributed by atoms with van der Waals surface area (Å²) in [4.78, 5) is 8.86. The van der Waals surface area contributed by atoms with Crippen molar-refractivity contribution in [2.45, 2.75) is 25.3 Å². The molecule has 0 saturated heterocycles. The molecule has 5 rings (SSSR count). The summed E-state index contributed by atoms with van der Waals surface area (Å²) in [6.07, 6.45) is 7.21. The zero-order valence-corrected chi connectivity index (χ0v) is 14.5. The third-order valence-electron chi connectivity index (χ3n) is 5.40. The first-order valence-electron chi connectivity index (χ1n) is 9.07. The number of nitrogen functional groups attached to an aromatic ring is 1. The Morgan fingerprint density at radius 2 is 1.77 bits per heavy atom. The molecule has 4 aromatic rings. The zero-order chi connectivity index (χ0) is 17.5. The summed E-state index contributed by atoms with van der Waals surface area (Å²) in [5.41, 5.74) is 12.3. The Hall–Kier alpha value is -3.14. The second kappa shape index (κ2) is 5.99. The molecule has 1 aliphatic rings. The van der Waals surface area contributed by atoms with Gasteiger partial charge in [-0.2, -0.15) is 0 Å². The van der Waals surface area contributed by atoms with Crippen molar-refractivity contribution in [2.75, 3.05) is 5.73 Å². The highest BCUT2D eigenvalue weighted by atomic mass is 15.1. The van der Waals surface area contributed by atoms with Gasteiger partial charge >= 0.3 is 0 Å². The first-order valence-corrected chi connectivity index (χ1v) is 9.07. The van der Waals surface area contributed by atoms with E-state index in [4.69, 9.17) is 5.73 Å². The number of rotatable bonds is 2. The van der Waals surface area contributed by atoms with Crippen LogP contribution in [0.4, 0.5) is 5.82 Å². The Morgan fingerprint density at radius 1 is 0.962 bits per heavy atom. The number of hydrogen-bond donors (Lipinski definition) is 1. The molecule has 0 radical (unpaired) electrons. The lowest BCUT2D eigenvalue weighted by Crippen LogP contribution is -2.17. The van der Waals surface area contributed by atoms with Crippen LogP contribution < -0.4 is 5.73 Å². The van der Waals surface area contributed by atoms with Crippen LogP contribution in [0.25, 0.3) is 22.2 Å². The van der Waals surface area contributed by atoms with Gasteiger partial charge in [-0.05, 0) is 36.0 Å². The summed E-state index contributed by atoms with van der Waals surface area (Å²) in [5.74, 6) is 0.539. The lowest BCUT2D eigenvalue weighted by Gasteiger charge is -2.27. The predicted octanol–water partition coefficient (Wildman–Crippen LogP) is 4.61. The molecule has 2 N–H and O–H groups in total. The van der Waals surface area contributed by atoms with Crippen LogP contribution in [-0.2, 0) is 6.42 Å². The number of nitrogens with two attached hydrogens (primary N) is 1. The van der Waals surface area contributed by atoms with Gasteiger partial charge in [0.25, 0.3) is 0 Å². The minimum absolute atomic E-state index is 0.286. The van der Waals surface area contributed by atoms with Crippen LogP contribution in [0.15, 0.2) is 67.1 Å². The van der Waals surface area contributed by atoms with Crippen molar-refractivity contribution >= 4 is 16.9 Å². The Balaban J connectivity index is 1.77. The lowest BCUT2D eigenvalue weighted by molar-refractivity contribution is 0.500. The lowest BCUT2D eigenvalue weighted by atomic mass is 9.87. The molecule has 4 heteroatoms. The van der Waals surface area contributed by atoms with Gasteiger partial charge in [-0.3, -0.25) is 0 Å². The molecule has 1 aliphatic carbocycles. The molecule has 0 bridgehead atoms. The molecule has 4 nitrogen and oxygen atoms in total. The minimum Gasteiger partial charge on any atom is -0.383 e. The summed E-state index contributed by atoms with van der Waals surface area (Å²) in [7, 11) is 0. The molecule has 1 unspecified atom stereocenters. The molecule has 0 saturated carbocycles. The first-order chi connectivity index (χ1) is 12.8. The van der Waals surface area contributed by atoms with Crippen molar-refractivity contribution in [3.05, 3.63) is 78.2 Å². The topological polar surface area (TPSA) is 56.7 Å². The number of fused-ring (bicyclic) bond motifs is 2. The van der Waals surface area contributed by atoms with E-state index in [1.165, 1.54) is 17.5 Å². The van der Waals surface area contributed by atoms with Gasteiger partial charge in [0, 0.05) is 11.8 Å². The first kappa shape index (κ1) is 15.1. The van der Waals surface area contributed by atoms with E-state index in [2.05, 4.69) is 69.3 Å². The smallest absolute Gasteiger partial charge is 0.146 e. The van der Waals surface area contributed by atoms with Gasteiger partial charge in [0.05, 0.1) is 11.4 Å². The third kappa shape index (κ3) is 2.30. The van der Waals surface area contributed by atoms with Gasteiger partial charge in [0.2, 0.25) is 0 Å². The summed E-state index contributed by atoms with van der Waals surface area (Å²) < 4.78 is 2.30. The fourth-order valence-corrected chi connectivity index (χ4v) is 4.20. The molecule has 2 aromatic heterocycles. The van der Waals surface area contributed by atoms with E-state index in [1.807, 2.05) is 6.07 Å². The second-order valence-electron chi connectivity index (χ2n) is 6.88. The molecular formula is C22H20N4. The molecule has 0 aliphatic heterocycles. The quantitative estimate of drug-likeness (QED) is 0.580. The van der Waals surface area contributed by atoms with E-state index >= 15 is 0 Å². The Morgan fingerprint density at radius 3 is 2.65 bits per heavy atom. The van der Waals surface area contributed by atoms with Crippen molar-refractivity contribution in [2.24, 2.45) is 0 Å². The number of anilines is 1. The largest absolute Gasteiger partial charge is 0.383 e. The maximum Gasteiger partial charge on any atom is 0.146 e. The number of benzene rings is 2. The van der Waals surface area contributed by atoms with Gasteiger partial charge in [-0.25, -0.2) is 9.97 Å².